The van der Waals surface area contributed by atoms with Gasteiger partial charge < -0.3 is 5.32 Å². The molecule has 0 spiro atoms. The van der Waals surface area contributed by atoms with Gasteiger partial charge in [0.15, 0.2) is 0 Å². The van der Waals surface area contributed by atoms with Gasteiger partial charge in [-0.1, -0.05) is 0 Å². The molecule has 0 saturated carbocycles. The van der Waals surface area contributed by atoms with Crippen LogP contribution in [0.1, 0.15) is 16.8 Å². The van der Waals surface area contributed by atoms with E-state index < -0.39 is 11.7 Å². The molecule has 0 bridgehead atoms. The first-order valence-electron chi connectivity index (χ1n) is 4.29. The molecule has 0 atom stereocenters. The average Bonchev–Trinajstić information content (AvgIpc) is 2.15. The van der Waals surface area contributed by atoms with Gasteiger partial charge in [0.2, 0.25) is 5.91 Å². The summed E-state index contributed by atoms with van der Waals surface area (Å²) in [6.07, 6.45) is -3.39. The van der Waals surface area contributed by atoms with Crippen LogP contribution in [0.3, 0.4) is 0 Å². The molecule has 0 aliphatic carbocycles. The van der Waals surface area contributed by atoms with Crippen molar-refractivity contribution in [3.05, 3.63) is 29.1 Å². The monoisotopic (exact) mass is 216 g/mol. The second-order valence-corrected chi connectivity index (χ2v) is 3.24. The van der Waals surface area contributed by atoms with E-state index in [9.17, 15) is 18.0 Å². The van der Waals surface area contributed by atoms with E-state index in [4.69, 9.17) is 0 Å². The minimum atomic E-state index is -4.39. The Morgan fingerprint density at radius 2 is 2.13 bits per heavy atom. The average molecular weight is 216 g/mol. The number of nitrogens with one attached hydrogen (secondary N) is 1. The summed E-state index contributed by atoms with van der Waals surface area (Å²) in [5.41, 5.74) is -0.425. The molecule has 0 fully saturated rings. The van der Waals surface area contributed by atoms with Gasteiger partial charge in [-0.3, -0.25) is 9.78 Å². The Kier molecular flexibility index (Phi) is 2.13. The predicted octanol–water partition coefficient (Wildman–Crippen LogP) is 1.27. The van der Waals surface area contributed by atoms with E-state index in [2.05, 4.69) is 10.3 Å². The molecule has 1 aliphatic heterocycles. The number of aromatic nitrogens is 1. The fourth-order valence-electron chi connectivity index (χ4n) is 1.55. The number of alkyl halides is 3. The highest BCUT2D eigenvalue weighted by atomic mass is 19.4. The second kappa shape index (κ2) is 3.22. The molecule has 0 aromatic carbocycles. The Labute approximate surface area is 83.3 Å². The molecule has 2 heterocycles. The highest BCUT2D eigenvalue weighted by molar-refractivity contribution is 5.80. The number of nitrogens with zero attached hydrogens (tertiary/aromatic N) is 1. The Balaban J connectivity index is 2.51. The maximum Gasteiger partial charge on any atom is 0.416 e. The van der Waals surface area contributed by atoms with Crippen molar-refractivity contribution in [1.82, 2.24) is 10.3 Å². The molecule has 1 aliphatic rings. The lowest BCUT2D eigenvalue weighted by Crippen LogP contribution is -2.32. The lowest BCUT2D eigenvalue weighted by atomic mass is 10.0. The van der Waals surface area contributed by atoms with Crippen molar-refractivity contribution in [3.63, 3.8) is 0 Å². The Hall–Kier alpha value is -1.59. The minimum Gasteiger partial charge on any atom is -0.352 e. The number of amides is 1. The van der Waals surface area contributed by atoms with Crippen molar-refractivity contribution >= 4 is 5.91 Å². The molecule has 1 aromatic heterocycles. The number of hydrogen-bond donors (Lipinski definition) is 1. The Morgan fingerprint density at radius 1 is 1.40 bits per heavy atom. The molecule has 15 heavy (non-hydrogen) atoms. The zero-order chi connectivity index (χ0) is 11.1. The van der Waals surface area contributed by atoms with E-state index in [0.717, 1.165) is 12.3 Å². The molecule has 0 unspecified atom stereocenters. The number of fused-ring (bicyclic) bond motifs is 1. The molecule has 1 N–H and O–H groups in total. The van der Waals surface area contributed by atoms with Crippen molar-refractivity contribution in [1.29, 1.82) is 0 Å². The van der Waals surface area contributed by atoms with E-state index in [1.54, 1.807) is 0 Å². The standard InChI is InChI=1S/C9H7F3N2O/c10-9(11,12)6-1-2-13-7-3-8(15)14-4-5(6)7/h1-2H,3-4H2,(H,14,15). The van der Waals surface area contributed by atoms with Crippen molar-refractivity contribution in [2.24, 2.45) is 0 Å². The molecule has 2 rings (SSSR count). The Morgan fingerprint density at radius 3 is 2.80 bits per heavy atom. The van der Waals surface area contributed by atoms with Crippen LogP contribution in [0.25, 0.3) is 0 Å². The largest absolute Gasteiger partial charge is 0.416 e. The lowest BCUT2D eigenvalue weighted by molar-refractivity contribution is -0.139. The third kappa shape index (κ3) is 1.79. The number of carbonyl (C=O) groups excluding carboxylic acids is 1. The minimum absolute atomic E-state index is 0.0737. The summed E-state index contributed by atoms with van der Waals surface area (Å²) in [4.78, 5) is 14.7. The quantitative estimate of drug-likeness (QED) is 0.709. The van der Waals surface area contributed by atoms with Crippen LogP contribution < -0.4 is 5.32 Å². The van der Waals surface area contributed by atoms with Gasteiger partial charge in [0.05, 0.1) is 17.7 Å². The highest BCUT2D eigenvalue weighted by Gasteiger charge is 2.35. The zero-order valence-electron chi connectivity index (χ0n) is 7.56. The molecular formula is C9H7F3N2O. The summed E-state index contributed by atoms with van der Waals surface area (Å²) in [6, 6.07) is 0.927. The first-order valence-corrected chi connectivity index (χ1v) is 4.29. The van der Waals surface area contributed by atoms with Crippen LogP contribution >= 0.6 is 0 Å². The Bertz CT molecular complexity index is 414. The fourth-order valence-corrected chi connectivity index (χ4v) is 1.55. The van der Waals surface area contributed by atoms with Crippen molar-refractivity contribution in [2.75, 3.05) is 0 Å². The summed E-state index contributed by atoms with van der Waals surface area (Å²) in [7, 11) is 0. The highest BCUT2D eigenvalue weighted by Crippen LogP contribution is 2.33. The van der Waals surface area contributed by atoms with Gasteiger partial charge in [-0.2, -0.15) is 13.2 Å². The molecule has 1 amide bonds. The molecule has 6 heteroatoms. The number of pyridine rings is 1. The van der Waals surface area contributed by atoms with Crippen LogP contribution in [-0.4, -0.2) is 10.9 Å². The SMILES string of the molecule is O=C1Cc2nccc(C(F)(F)F)c2CN1. The number of carbonyl (C=O) groups is 1. The topological polar surface area (TPSA) is 42.0 Å². The van der Waals surface area contributed by atoms with E-state index in [-0.39, 0.29) is 30.1 Å². The van der Waals surface area contributed by atoms with Gasteiger partial charge in [0.25, 0.3) is 0 Å². The van der Waals surface area contributed by atoms with E-state index in [1.807, 2.05) is 0 Å². The third-order valence-corrected chi connectivity index (χ3v) is 2.24. The van der Waals surface area contributed by atoms with Gasteiger partial charge in [-0.25, -0.2) is 0 Å². The second-order valence-electron chi connectivity index (χ2n) is 3.24. The molecule has 0 radical (unpaired) electrons. The normalized spacial score (nSPS) is 15.8. The zero-order valence-corrected chi connectivity index (χ0v) is 7.56. The number of hydrogen-bond acceptors (Lipinski definition) is 2. The van der Waals surface area contributed by atoms with Crippen molar-refractivity contribution < 1.29 is 18.0 Å². The number of rotatable bonds is 0. The van der Waals surface area contributed by atoms with Gasteiger partial charge in [0, 0.05) is 18.3 Å². The van der Waals surface area contributed by atoms with Crippen LogP contribution in [0, 0.1) is 0 Å². The van der Waals surface area contributed by atoms with Crippen LogP contribution in [0.4, 0.5) is 13.2 Å². The first kappa shape index (κ1) is 9.95. The van der Waals surface area contributed by atoms with E-state index in [1.165, 1.54) is 0 Å². The molecular weight excluding hydrogens is 209 g/mol. The first-order chi connectivity index (χ1) is 6.98. The maximum atomic E-state index is 12.5. The van der Waals surface area contributed by atoms with Crippen LogP contribution in [0.2, 0.25) is 0 Å². The van der Waals surface area contributed by atoms with Crippen LogP contribution in [0.15, 0.2) is 12.3 Å². The van der Waals surface area contributed by atoms with E-state index in [0.29, 0.717) is 0 Å². The smallest absolute Gasteiger partial charge is 0.352 e. The summed E-state index contributed by atoms with van der Waals surface area (Å²) < 4.78 is 37.6. The van der Waals surface area contributed by atoms with E-state index >= 15 is 0 Å². The summed E-state index contributed by atoms with van der Waals surface area (Å²) in [5.74, 6) is -0.297. The lowest BCUT2D eigenvalue weighted by Gasteiger charge is -2.20. The molecule has 80 valence electrons. The molecule has 0 saturated heterocycles. The van der Waals surface area contributed by atoms with Crippen LogP contribution in [0.5, 0.6) is 0 Å². The van der Waals surface area contributed by atoms with Crippen LogP contribution in [-0.2, 0) is 23.9 Å². The molecule has 3 nitrogen and oxygen atoms in total. The number of halogens is 3. The summed E-state index contributed by atoms with van der Waals surface area (Å²) in [5, 5.41) is 2.37. The summed E-state index contributed by atoms with van der Waals surface area (Å²) in [6.45, 7) is -0.100. The van der Waals surface area contributed by atoms with Crippen molar-refractivity contribution in [3.8, 4) is 0 Å². The predicted molar refractivity (Wildman–Crippen MR) is 44.8 cm³/mol. The van der Waals surface area contributed by atoms with Gasteiger partial charge >= 0.3 is 6.18 Å². The third-order valence-electron chi connectivity index (χ3n) is 2.24. The van der Waals surface area contributed by atoms with Gasteiger partial charge in [-0.05, 0) is 6.07 Å². The van der Waals surface area contributed by atoms with Crippen molar-refractivity contribution in [2.45, 2.75) is 19.1 Å². The fraction of sp³-hybridized carbons (Fsp3) is 0.333. The molecule has 1 aromatic rings. The summed E-state index contributed by atoms with van der Waals surface area (Å²) >= 11 is 0. The van der Waals surface area contributed by atoms with Gasteiger partial charge in [0.1, 0.15) is 0 Å². The maximum absolute atomic E-state index is 12.5. The van der Waals surface area contributed by atoms with Gasteiger partial charge in [-0.15, -0.1) is 0 Å².